The molecule has 0 aliphatic heterocycles. The van der Waals surface area contributed by atoms with Gasteiger partial charge in [0.15, 0.2) is 5.96 Å². The van der Waals surface area contributed by atoms with Crippen LogP contribution >= 0.6 is 0 Å². The Bertz CT molecular complexity index is 1910. The number of hydrogen-bond acceptors (Lipinski definition) is 15. The minimum atomic E-state index is -1.69. The Morgan fingerprint density at radius 3 is 1.28 bits per heavy atom. The number of nitrogens with zero attached hydrogens (tertiary/aromatic N) is 1. The summed E-state index contributed by atoms with van der Waals surface area (Å²) in [5.74, 6) is -12.0. The molecule has 28 heteroatoms. The SMILES string of the molecule is CC(C)C[C@H](NC(=O)[C@H](CCC(N)=O)NC(=O)[C@H](CCCN=C(N)N)NC(=O)[C@H](C)NC(=O)[C@H](CCC(N)=O)NC(=O)[C@@H](NC(=O)[C@@H](NC(=O)[C@H](CC(C)C)NC(=O)[C@@H](N)[C@@H](C)O)[C@@H](C)O)C(C)C)C(=O)O. The zero-order valence-corrected chi connectivity index (χ0v) is 42.6. The van der Waals surface area contributed by atoms with Crippen LogP contribution in [0.15, 0.2) is 4.99 Å². The number of nitrogens with two attached hydrogens (primary N) is 5. The zero-order valence-electron chi connectivity index (χ0n) is 42.6. The number of aliphatic hydroxyl groups excluding tert-OH is 2. The lowest BCUT2D eigenvalue weighted by Crippen LogP contribution is -2.62. The van der Waals surface area contributed by atoms with Crippen LogP contribution in [0.3, 0.4) is 0 Å². The van der Waals surface area contributed by atoms with E-state index in [2.05, 4.69) is 47.5 Å². The second-order valence-corrected chi connectivity index (χ2v) is 18.8. The predicted octanol–water partition coefficient (Wildman–Crippen LogP) is -5.61. The van der Waals surface area contributed by atoms with Crippen molar-refractivity contribution in [3.05, 3.63) is 0 Å². The van der Waals surface area contributed by atoms with Crippen LogP contribution in [0.1, 0.15) is 114 Å². The van der Waals surface area contributed by atoms with Crippen LogP contribution in [0.5, 0.6) is 0 Å². The molecule has 0 aromatic heterocycles. The Morgan fingerprint density at radius 2 is 0.847 bits per heavy atom. The smallest absolute Gasteiger partial charge is 0.326 e. The minimum absolute atomic E-state index is 0.0116. The van der Waals surface area contributed by atoms with Gasteiger partial charge in [-0.05, 0) is 77.0 Å². The number of carboxylic acid groups (broad SMARTS) is 1. The van der Waals surface area contributed by atoms with Crippen molar-refractivity contribution in [3.63, 3.8) is 0 Å². The monoisotopic (exact) mass is 1030 g/mol. The van der Waals surface area contributed by atoms with Crippen molar-refractivity contribution in [2.45, 2.75) is 180 Å². The van der Waals surface area contributed by atoms with Crippen molar-refractivity contribution in [1.82, 2.24) is 42.5 Å². The predicted molar refractivity (Wildman–Crippen MR) is 261 cm³/mol. The van der Waals surface area contributed by atoms with Gasteiger partial charge in [0.1, 0.15) is 54.4 Å². The van der Waals surface area contributed by atoms with Crippen molar-refractivity contribution in [1.29, 1.82) is 0 Å². The van der Waals surface area contributed by atoms with Crippen LogP contribution in [0.2, 0.25) is 0 Å². The number of aliphatic hydroxyl groups is 2. The van der Waals surface area contributed by atoms with Crippen molar-refractivity contribution in [3.8, 4) is 0 Å². The molecule has 0 aliphatic rings. The highest BCUT2D eigenvalue weighted by Crippen LogP contribution is 2.11. The summed E-state index contributed by atoms with van der Waals surface area (Å²) in [7, 11) is 0. The molecular formula is C44H80N14O14. The van der Waals surface area contributed by atoms with Gasteiger partial charge in [-0.3, -0.25) is 52.9 Å². The molecule has 0 saturated carbocycles. The first kappa shape index (κ1) is 65.3. The fraction of sp³-hybridized carbons (Fsp3) is 0.727. The molecule has 0 fully saturated rings. The number of guanidine groups is 1. The van der Waals surface area contributed by atoms with E-state index >= 15 is 0 Å². The third kappa shape index (κ3) is 25.4. The molecule has 0 aromatic rings. The van der Waals surface area contributed by atoms with E-state index < -0.39 is 157 Å². The summed E-state index contributed by atoms with van der Waals surface area (Å²) in [4.78, 5) is 147. The maximum atomic E-state index is 13.8. The van der Waals surface area contributed by atoms with E-state index in [0.29, 0.717) is 0 Å². The van der Waals surface area contributed by atoms with E-state index in [-0.39, 0.29) is 56.4 Å². The third-order valence-electron chi connectivity index (χ3n) is 10.7. The highest BCUT2D eigenvalue weighted by Gasteiger charge is 2.37. The molecule has 28 nitrogen and oxygen atoms in total. The van der Waals surface area contributed by atoms with Crippen molar-refractivity contribution in [2.75, 3.05) is 6.54 Å². The molecule has 410 valence electrons. The fourth-order valence-corrected chi connectivity index (χ4v) is 6.69. The molecule has 0 heterocycles. The lowest BCUT2D eigenvalue weighted by atomic mass is 10.00. The van der Waals surface area contributed by atoms with Crippen LogP contribution in [0.25, 0.3) is 0 Å². The van der Waals surface area contributed by atoms with Gasteiger partial charge in [0, 0.05) is 19.4 Å². The molecule has 10 amide bonds. The Balaban J connectivity index is 6.50. The summed E-state index contributed by atoms with van der Waals surface area (Å²) >= 11 is 0. The molecular weight excluding hydrogens is 949 g/mol. The molecule has 0 unspecified atom stereocenters. The first-order valence-corrected chi connectivity index (χ1v) is 23.7. The van der Waals surface area contributed by atoms with Gasteiger partial charge in [0.05, 0.1) is 12.2 Å². The summed E-state index contributed by atoms with van der Waals surface area (Å²) in [5.41, 5.74) is 27.2. The number of carbonyl (C=O) groups is 11. The molecule has 0 saturated heterocycles. The number of rotatable bonds is 34. The zero-order chi connectivity index (χ0) is 55.7. The first-order valence-electron chi connectivity index (χ1n) is 23.7. The van der Waals surface area contributed by atoms with E-state index in [1.54, 1.807) is 27.7 Å². The number of aliphatic carboxylic acids is 1. The average molecular weight is 1030 g/mol. The van der Waals surface area contributed by atoms with Gasteiger partial charge in [-0.2, -0.15) is 0 Å². The molecule has 0 aliphatic carbocycles. The van der Waals surface area contributed by atoms with Crippen molar-refractivity contribution < 1.29 is 68.1 Å². The molecule has 11 atom stereocenters. The lowest BCUT2D eigenvalue weighted by molar-refractivity contribution is -0.143. The summed E-state index contributed by atoms with van der Waals surface area (Å²) < 4.78 is 0. The van der Waals surface area contributed by atoms with Crippen LogP contribution < -0.4 is 71.2 Å². The Kier molecular flexibility index (Phi) is 29.3. The normalized spacial score (nSPS) is 15.8. The molecule has 0 radical (unpaired) electrons. The highest BCUT2D eigenvalue weighted by molar-refractivity contribution is 5.98. The standard InChI is InChI=1S/C44H80N14O14/c1-19(2)17-28(55-40(68)32(47)23(8)59)39(67)58-34(24(9)60)42(70)57-33(21(5)6)41(69)54-26(12-14-30(45)61)36(64)51-22(7)35(63)52-25(11-10-16-50-44(48)49)37(65)53-27(13-15-31(46)62)38(66)56-29(43(71)72)18-20(3)4/h19-29,32-34,59-60H,10-18,47H2,1-9H3,(H2,45,61)(H2,46,62)(H,51,64)(H,52,63)(H,53,65)(H,54,69)(H,55,68)(H,56,66)(H,57,70)(H,58,67)(H,71,72)(H4,48,49,50)/t22-,23+,24+,25-,26-,27-,28-,29-,32-,33-,34-/m0/s1. The third-order valence-corrected chi connectivity index (χ3v) is 10.7. The summed E-state index contributed by atoms with van der Waals surface area (Å²) in [6.07, 6.45) is -4.38. The van der Waals surface area contributed by atoms with E-state index in [9.17, 15) is 68.1 Å². The van der Waals surface area contributed by atoms with Gasteiger partial charge in [-0.15, -0.1) is 0 Å². The second kappa shape index (κ2) is 32.3. The largest absolute Gasteiger partial charge is 0.480 e. The number of amides is 10. The quantitative estimate of drug-likeness (QED) is 0.0162. The van der Waals surface area contributed by atoms with Crippen LogP contribution in [0.4, 0.5) is 0 Å². The van der Waals surface area contributed by atoms with Gasteiger partial charge in [0.25, 0.3) is 0 Å². The number of primary amides is 2. The molecule has 0 spiro atoms. The molecule has 21 N–H and O–H groups in total. The second-order valence-electron chi connectivity index (χ2n) is 18.8. The van der Waals surface area contributed by atoms with Crippen molar-refractivity contribution in [2.24, 2.45) is 51.4 Å². The average Bonchev–Trinajstić information content (AvgIpc) is 3.26. The van der Waals surface area contributed by atoms with Gasteiger partial charge in [0.2, 0.25) is 59.1 Å². The van der Waals surface area contributed by atoms with E-state index in [0.717, 1.165) is 0 Å². The van der Waals surface area contributed by atoms with E-state index in [1.165, 1.54) is 34.6 Å². The molecule has 72 heavy (non-hydrogen) atoms. The van der Waals surface area contributed by atoms with Gasteiger partial charge in [-0.1, -0.05) is 41.5 Å². The van der Waals surface area contributed by atoms with E-state index in [1.807, 2.05) is 0 Å². The number of aliphatic imine (C=N–C) groups is 1. The Labute approximate surface area is 419 Å². The Morgan fingerprint density at radius 1 is 0.458 bits per heavy atom. The van der Waals surface area contributed by atoms with Crippen LogP contribution in [-0.4, -0.2) is 159 Å². The van der Waals surface area contributed by atoms with Crippen LogP contribution in [0, 0.1) is 17.8 Å². The van der Waals surface area contributed by atoms with E-state index in [4.69, 9.17) is 28.7 Å². The van der Waals surface area contributed by atoms with Gasteiger partial charge < -0.3 is 86.5 Å². The first-order chi connectivity index (χ1) is 33.3. The number of carbonyl (C=O) groups excluding carboxylic acids is 10. The Hall–Kier alpha value is -6.68. The summed E-state index contributed by atoms with van der Waals surface area (Å²) in [5, 5.41) is 49.4. The lowest BCUT2D eigenvalue weighted by Gasteiger charge is -2.30. The van der Waals surface area contributed by atoms with Gasteiger partial charge in [-0.25, -0.2) is 4.79 Å². The minimum Gasteiger partial charge on any atom is -0.480 e. The van der Waals surface area contributed by atoms with Crippen molar-refractivity contribution >= 4 is 71.0 Å². The maximum Gasteiger partial charge on any atom is 0.326 e. The number of hydrogen-bond donors (Lipinski definition) is 16. The number of nitrogens with one attached hydrogen (secondary N) is 8. The fourth-order valence-electron chi connectivity index (χ4n) is 6.69. The molecule has 0 bridgehead atoms. The van der Waals surface area contributed by atoms with Crippen LogP contribution in [-0.2, 0) is 52.7 Å². The maximum absolute atomic E-state index is 13.8. The summed E-state index contributed by atoms with van der Waals surface area (Å²) in [6, 6.07) is -13.1. The topological polar surface area (TPSA) is 487 Å². The molecule has 0 aromatic carbocycles. The summed E-state index contributed by atoms with van der Waals surface area (Å²) in [6.45, 7) is 13.7. The highest BCUT2D eigenvalue weighted by atomic mass is 16.4. The van der Waals surface area contributed by atoms with Gasteiger partial charge >= 0.3 is 5.97 Å². The molecule has 0 rings (SSSR count). The number of carboxylic acids is 1.